The molecule has 0 fully saturated rings. The molecule has 0 unspecified atom stereocenters. The Hall–Kier alpha value is -1.83. The molecule has 0 aromatic carbocycles. The lowest BCUT2D eigenvalue weighted by Gasteiger charge is -2.19. The summed E-state index contributed by atoms with van der Waals surface area (Å²) in [6.45, 7) is 3.84. The van der Waals surface area contributed by atoms with Crippen LogP contribution in [0.4, 0.5) is 4.79 Å². The lowest BCUT2D eigenvalue weighted by atomic mass is 10.2. The Labute approximate surface area is 104 Å². The molecule has 2 amide bonds. The highest BCUT2D eigenvalue weighted by molar-refractivity contribution is 5.86. The maximum absolute atomic E-state index is 11.2. The predicted molar refractivity (Wildman–Crippen MR) is 60.9 cm³/mol. The van der Waals surface area contributed by atoms with E-state index in [-0.39, 0.29) is 0 Å². The first-order valence-corrected chi connectivity index (χ1v) is 5.25. The summed E-state index contributed by atoms with van der Waals surface area (Å²) < 4.78 is 4.87. The largest absolute Gasteiger partial charge is 0.480 e. The Bertz CT molecular complexity index is 323. The number of carbonyl (C=O) groups is 3. The molecule has 0 saturated carbocycles. The van der Waals surface area contributed by atoms with Gasteiger partial charge in [-0.15, -0.1) is 0 Å². The maximum atomic E-state index is 11.2. The Morgan fingerprint density at radius 2 is 1.83 bits per heavy atom. The van der Waals surface area contributed by atoms with Crippen LogP contribution in [0, 0.1) is 0 Å². The van der Waals surface area contributed by atoms with E-state index in [2.05, 4.69) is 5.32 Å². The number of ether oxygens (including phenoxy) is 1. The number of hydrogen-bond donors (Lipinski definition) is 4. The van der Waals surface area contributed by atoms with Crippen LogP contribution in [0.2, 0.25) is 0 Å². The number of aliphatic hydroxyl groups excluding tert-OH is 1. The van der Waals surface area contributed by atoms with Crippen molar-refractivity contribution in [2.24, 2.45) is 0 Å². The van der Waals surface area contributed by atoms with Gasteiger partial charge < -0.3 is 25.6 Å². The van der Waals surface area contributed by atoms with E-state index in [4.69, 9.17) is 14.9 Å². The molecule has 0 saturated heterocycles. The predicted octanol–water partition coefficient (Wildman–Crippen LogP) is -0.927. The standard InChI is InChI=1S/C10H18N2O6/c1-10(2,3)18-9(17)11-4-7(14)12-6(5-13)8(15)16/h6,13H,4-5H2,1-3H3,(H,11,17)(H,12,14)(H,15,16)/t6-/m0/s1. The van der Waals surface area contributed by atoms with Crippen LogP contribution in [0.5, 0.6) is 0 Å². The average Bonchev–Trinajstić information content (AvgIpc) is 2.20. The average molecular weight is 262 g/mol. The van der Waals surface area contributed by atoms with Gasteiger partial charge in [0.2, 0.25) is 5.91 Å². The summed E-state index contributed by atoms with van der Waals surface area (Å²) in [6, 6.07) is -1.39. The molecular formula is C10H18N2O6. The third kappa shape index (κ3) is 7.44. The van der Waals surface area contributed by atoms with Gasteiger partial charge in [-0.1, -0.05) is 0 Å². The summed E-state index contributed by atoms with van der Waals surface area (Å²) in [5.74, 6) is -2.09. The first kappa shape index (κ1) is 16.2. The maximum Gasteiger partial charge on any atom is 0.408 e. The van der Waals surface area contributed by atoms with E-state index in [1.807, 2.05) is 5.32 Å². The smallest absolute Gasteiger partial charge is 0.408 e. The Kier molecular flexibility index (Phi) is 6.11. The summed E-state index contributed by atoms with van der Waals surface area (Å²) in [5, 5.41) is 21.4. The first-order chi connectivity index (χ1) is 8.15. The van der Waals surface area contributed by atoms with Crippen LogP contribution < -0.4 is 10.6 Å². The normalized spacial score (nSPS) is 12.4. The molecule has 0 spiro atoms. The summed E-state index contributed by atoms with van der Waals surface area (Å²) in [6.07, 6.45) is -0.784. The molecule has 0 rings (SSSR count). The number of nitrogens with one attached hydrogen (secondary N) is 2. The molecule has 0 aromatic rings. The summed E-state index contributed by atoms with van der Waals surface area (Å²) in [5.41, 5.74) is -0.685. The molecule has 4 N–H and O–H groups in total. The molecule has 0 aliphatic heterocycles. The van der Waals surface area contributed by atoms with Gasteiger partial charge in [0.15, 0.2) is 0 Å². The third-order valence-electron chi connectivity index (χ3n) is 1.61. The number of alkyl carbamates (subject to hydrolysis) is 1. The zero-order valence-electron chi connectivity index (χ0n) is 10.5. The Morgan fingerprint density at radius 1 is 1.28 bits per heavy atom. The lowest BCUT2D eigenvalue weighted by molar-refractivity contribution is -0.142. The molecule has 104 valence electrons. The van der Waals surface area contributed by atoms with E-state index in [1.54, 1.807) is 20.8 Å². The minimum Gasteiger partial charge on any atom is -0.480 e. The lowest BCUT2D eigenvalue weighted by Crippen LogP contribution is -2.47. The molecular weight excluding hydrogens is 244 g/mol. The van der Waals surface area contributed by atoms with Gasteiger partial charge in [0, 0.05) is 0 Å². The number of rotatable bonds is 5. The number of hydrogen-bond acceptors (Lipinski definition) is 5. The van der Waals surface area contributed by atoms with Gasteiger partial charge in [0.25, 0.3) is 0 Å². The van der Waals surface area contributed by atoms with Crippen molar-refractivity contribution in [1.29, 1.82) is 0 Å². The molecule has 8 heteroatoms. The topological polar surface area (TPSA) is 125 Å². The van der Waals surface area contributed by atoms with E-state index >= 15 is 0 Å². The highest BCUT2D eigenvalue weighted by Gasteiger charge is 2.20. The van der Waals surface area contributed by atoms with Crippen molar-refractivity contribution < 1.29 is 29.3 Å². The van der Waals surface area contributed by atoms with Crippen LogP contribution in [-0.4, -0.2) is 53.0 Å². The highest BCUT2D eigenvalue weighted by Crippen LogP contribution is 2.05. The van der Waals surface area contributed by atoms with Crippen LogP contribution in [-0.2, 0) is 14.3 Å². The molecule has 0 aromatic heterocycles. The van der Waals surface area contributed by atoms with Crippen molar-refractivity contribution in [1.82, 2.24) is 10.6 Å². The second-order valence-electron chi connectivity index (χ2n) is 4.50. The van der Waals surface area contributed by atoms with Crippen LogP contribution in [0.1, 0.15) is 20.8 Å². The van der Waals surface area contributed by atoms with Gasteiger partial charge in [0.1, 0.15) is 18.2 Å². The van der Waals surface area contributed by atoms with Crippen molar-refractivity contribution in [2.45, 2.75) is 32.4 Å². The molecule has 0 aliphatic rings. The molecule has 0 heterocycles. The number of aliphatic hydroxyl groups is 1. The van der Waals surface area contributed by atoms with E-state index in [1.165, 1.54) is 0 Å². The molecule has 8 nitrogen and oxygen atoms in total. The van der Waals surface area contributed by atoms with Gasteiger partial charge in [0.05, 0.1) is 6.61 Å². The summed E-state index contributed by atoms with van der Waals surface area (Å²) in [7, 11) is 0. The fourth-order valence-electron chi connectivity index (χ4n) is 0.897. The van der Waals surface area contributed by atoms with Crippen LogP contribution in [0.15, 0.2) is 0 Å². The number of amides is 2. The summed E-state index contributed by atoms with van der Waals surface area (Å²) >= 11 is 0. The van der Waals surface area contributed by atoms with E-state index < -0.39 is 42.8 Å². The second-order valence-corrected chi connectivity index (χ2v) is 4.50. The summed E-state index contributed by atoms with van der Waals surface area (Å²) in [4.78, 5) is 32.9. The van der Waals surface area contributed by atoms with E-state index in [9.17, 15) is 14.4 Å². The molecule has 0 aliphatic carbocycles. The van der Waals surface area contributed by atoms with Gasteiger partial charge >= 0.3 is 12.1 Å². The van der Waals surface area contributed by atoms with Crippen LogP contribution in [0.25, 0.3) is 0 Å². The Balaban J connectivity index is 4.04. The van der Waals surface area contributed by atoms with E-state index in [0.29, 0.717) is 0 Å². The van der Waals surface area contributed by atoms with Crippen LogP contribution >= 0.6 is 0 Å². The zero-order chi connectivity index (χ0) is 14.3. The highest BCUT2D eigenvalue weighted by atomic mass is 16.6. The minimum absolute atomic E-state index is 0.432. The van der Waals surface area contributed by atoms with Crippen LogP contribution in [0.3, 0.4) is 0 Å². The zero-order valence-corrected chi connectivity index (χ0v) is 10.5. The van der Waals surface area contributed by atoms with Crippen molar-refractivity contribution in [3.8, 4) is 0 Å². The first-order valence-electron chi connectivity index (χ1n) is 5.25. The van der Waals surface area contributed by atoms with Gasteiger partial charge in [-0.2, -0.15) is 0 Å². The van der Waals surface area contributed by atoms with E-state index in [0.717, 1.165) is 0 Å². The van der Waals surface area contributed by atoms with Crippen molar-refractivity contribution >= 4 is 18.0 Å². The molecule has 18 heavy (non-hydrogen) atoms. The number of carboxylic acids is 1. The van der Waals surface area contributed by atoms with Crippen molar-refractivity contribution in [3.63, 3.8) is 0 Å². The molecule has 1 atom stereocenters. The van der Waals surface area contributed by atoms with Crippen molar-refractivity contribution in [3.05, 3.63) is 0 Å². The Morgan fingerprint density at radius 3 is 2.22 bits per heavy atom. The molecule has 0 bridgehead atoms. The monoisotopic (exact) mass is 262 g/mol. The SMILES string of the molecule is CC(C)(C)OC(=O)NCC(=O)N[C@@H](CO)C(=O)O. The number of aliphatic carboxylic acids is 1. The fourth-order valence-corrected chi connectivity index (χ4v) is 0.897. The number of carboxylic acid groups (broad SMARTS) is 1. The second kappa shape index (κ2) is 6.80. The van der Waals surface area contributed by atoms with Gasteiger partial charge in [-0.05, 0) is 20.8 Å². The van der Waals surface area contributed by atoms with Gasteiger partial charge in [-0.25, -0.2) is 9.59 Å². The fraction of sp³-hybridized carbons (Fsp3) is 0.700. The quantitative estimate of drug-likeness (QED) is 0.507. The van der Waals surface area contributed by atoms with Crippen molar-refractivity contribution in [2.75, 3.05) is 13.2 Å². The third-order valence-corrected chi connectivity index (χ3v) is 1.61. The van der Waals surface area contributed by atoms with Gasteiger partial charge in [-0.3, -0.25) is 4.79 Å². The minimum atomic E-state index is -1.39. The number of carbonyl (C=O) groups excluding carboxylic acids is 2. The molecule has 0 radical (unpaired) electrons.